The Morgan fingerprint density at radius 1 is 1.21 bits per heavy atom. The number of benzene rings is 1. The fourth-order valence-electron chi connectivity index (χ4n) is 1.40. The molecule has 2 aromatic rings. The van der Waals surface area contributed by atoms with Gasteiger partial charge in [-0.05, 0) is 18.2 Å². The summed E-state index contributed by atoms with van der Waals surface area (Å²) in [5, 5.41) is 6.86. The molecule has 0 saturated heterocycles. The number of hydrogen-bond donors (Lipinski definition) is 1. The molecule has 0 saturated carbocycles. The number of para-hydroxylation sites is 1. The monoisotopic (exact) mass is 187 g/mol. The third-order valence-electron chi connectivity index (χ3n) is 2.16. The molecular weight excluding hydrogens is 174 g/mol. The van der Waals surface area contributed by atoms with Gasteiger partial charge in [0.05, 0.1) is 12.2 Å². The van der Waals surface area contributed by atoms with Gasteiger partial charge in [-0.2, -0.15) is 5.10 Å². The van der Waals surface area contributed by atoms with Crippen molar-refractivity contribution in [3.05, 3.63) is 48.3 Å². The number of nitrogens with one attached hydrogen (secondary N) is 1. The molecular formula is C11H13N3. The van der Waals surface area contributed by atoms with Gasteiger partial charge in [-0.1, -0.05) is 18.2 Å². The maximum absolute atomic E-state index is 3.92. The Labute approximate surface area is 83.4 Å². The lowest BCUT2D eigenvalue weighted by Crippen LogP contribution is -2.16. The smallest absolute Gasteiger partial charge is 0.0593 e. The molecule has 0 unspecified atom stereocenters. The van der Waals surface area contributed by atoms with Gasteiger partial charge < -0.3 is 4.90 Å². The van der Waals surface area contributed by atoms with E-state index in [1.165, 1.54) is 5.69 Å². The van der Waals surface area contributed by atoms with Gasteiger partial charge >= 0.3 is 0 Å². The molecule has 0 spiro atoms. The maximum atomic E-state index is 3.92. The molecule has 1 aromatic carbocycles. The molecule has 0 amide bonds. The Hall–Kier alpha value is -1.77. The summed E-state index contributed by atoms with van der Waals surface area (Å²) in [6.07, 6.45) is 1.77. The van der Waals surface area contributed by atoms with Crippen LogP contribution in [0.4, 0.5) is 5.69 Å². The van der Waals surface area contributed by atoms with Crippen molar-refractivity contribution >= 4 is 5.69 Å². The molecule has 0 fully saturated rings. The number of hydrogen-bond acceptors (Lipinski definition) is 2. The second-order valence-corrected chi connectivity index (χ2v) is 3.27. The lowest BCUT2D eigenvalue weighted by atomic mass is 10.3. The van der Waals surface area contributed by atoms with Crippen LogP contribution in [0, 0.1) is 0 Å². The molecule has 2 rings (SSSR count). The zero-order valence-electron chi connectivity index (χ0n) is 8.14. The maximum Gasteiger partial charge on any atom is 0.0593 e. The summed E-state index contributed by atoms with van der Waals surface area (Å²) in [6, 6.07) is 12.3. The summed E-state index contributed by atoms with van der Waals surface area (Å²) in [4.78, 5) is 2.17. The molecule has 0 bridgehead atoms. The summed E-state index contributed by atoms with van der Waals surface area (Å²) in [5.41, 5.74) is 2.33. The lowest BCUT2D eigenvalue weighted by Gasteiger charge is -2.17. The van der Waals surface area contributed by atoms with E-state index in [0.717, 1.165) is 12.2 Å². The van der Waals surface area contributed by atoms with Crippen LogP contribution in [0.25, 0.3) is 0 Å². The highest BCUT2D eigenvalue weighted by Crippen LogP contribution is 2.12. The molecule has 0 radical (unpaired) electrons. The van der Waals surface area contributed by atoms with E-state index in [2.05, 4.69) is 34.3 Å². The van der Waals surface area contributed by atoms with Crippen LogP contribution in [0.2, 0.25) is 0 Å². The molecule has 1 aromatic heterocycles. The topological polar surface area (TPSA) is 31.9 Å². The Balaban J connectivity index is 2.07. The van der Waals surface area contributed by atoms with Crippen molar-refractivity contribution in [1.82, 2.24) is 10.2 Å². The number of rotatable bonds is 3. The van der Waals surface area contributed by atoms with Crippen LogP contribution in [-0.4, -0.2) is 17.2 Å². The molecule has 0 aliphatic carbocycles. The van der Waals surface area contributed by atoms with Crippen LogP contribution >= 0.6 is 0 Å². The highest BCUT2D eigenvalue weighted by molar-refractivity contribution is 5.45. The van der Waals surface area contributed by atoms with Gasteiger partial charge in [-0.3, -0.25) is 5.10 Å². The van der Waals surface area contributed by atoms with Gasteiger partial charge in [0.25, 0.3) is 0 Å². The van der Waals surface area contributed by atoms with Crippen LogP contribution in [0.1, 0.15) is 5.69 Å². The summed E-state index contributed by atoms with van der Waals surface area (Å²) >= 11 is 0. The van der Waals surface area contributed by atoms with E-state index >= 15 is 0 Å². The summed E-state index contributed by atoms with van der Waals surface area (Å²) in [5.74, 6) is 0. The third-order valence-corrected chi connectivity index (χ3v) is 2.16. The highest BCUT2D eigenvalue weighted by atomic mass is 15.2. The normalized spacial score (nSPS) is 10.1. The molecule has 0 aliphatic heterocycles. The van der Waals surface area contributed by atoms with Gasteiger partial charge in [0, 0.05) is 18.9 Å². The minimum atomic E-state index is 0.851. The largest absolute Gasteiger partial charge is 0.369 e. The number of anilines is 1. The van der Waals surface area contributed by atoms with Crippen LogP contribution in [0.3, 0.4) is 0 Å². The summed E-state index contributed by atoms with van der Waals surface area (Å²) < 4.78 is 0. The van der Waals surface area contributed by atoms with Gasteiger partial charge in [-0.15, -0.1) is 0 Å². The number of H-pyrrole nitrogens is 1. The predicted molar refractivity (Wildman–Crippen MR) is 57.1 cm³/mol. The fraction of sp³-hybridized carbons (Fsp3) is 0.182. The van der Waals surface area contributed by atoms with E-state index in [1.54, 1.807) is 6.20 Å². The summed E-state index contributed by atoms with van der Waals surface area (Å²) in [6.45, 7) is 0.851. The predicted octanol–water partition coefficient (Wildman–Crippen LogP) is 2.05. The molecule has 1 N–H and O–H groups in total. The fourth-order valence-corrected chi connectivity index (χ4v) is 1.40. The quantitative estimate of drug-likeness (QED) is 0.797. The molecule has 72 valence electrons. The standard InChI is InChI=1S/C11H13N3/c1-14(9-10-7-8-12-13-10)11-5-3-2-4-6-11/h2-8H,9H2,1H3,(H,12,13). The summed E-state index contributed by atoms with van der Waals surface area (Å²) in [7, 11) is 2.07. The van der Waals surface area contributed by atoms with E-state index in [0.29, 0.717) is 0 Å². The second kappa shape index (κ2) is 3.96. The van der Waals surface area contributed by atoms with Crippen molar-refractivity contribution in [2.24, 2.45) is 0 Å². The lowest BCUT2D eigenvalue weighted by molar-refractivity contribution is 0.869. The van der Waals surface area contributed by atoms with E-state index in [4.69, 9.17) is 0 Å². The first-order valence-electron chi connectivity index (χ1n) is 4.61. The number of nitrogens with zero attached hydrogens (tertiary/aromatic N) is 2. The number of aromatic amines is 1. The molecule has 3 nitrogen and oxygen atoms in total. The average molecular weight is 187 g/mol. The van der Waals surface area contributed by atoms with Crippen molar-refractivity contribution in [2.75, 3.05) is 11.9 Å². The van der Waals surface area contributed by atoms with Gasteiger partial charge in [-0.25, -0.2) is 0 Å². The Morgan fingerprint density at radius 2 is 2.00 bits per heavy atom. The van der Waals surface area contributed by atoms with Crippen LogP contribution in [0.15, 0.2) is 42.6 Å². The Kier molecular flexibility index (Phi) is 2.49. The van der Waals surface area contributed by atoms with Crippen molar-refractivity contribution < 1.29 is 0 Å². The van der Waals surface area contributed by atoms with Crippen LogP contribution in [0.5, 0.6) is 0 Å². The van der Waals surface area contributed by atoms with Crippen LogP contribution in [-0.2, 0) is 6.54 Å². The SMILES string of the molecule is CN(Cc1ccn[nH]1)c1ccccc1. The van der Waals surface area contributed by atoms with E-state index in [1.807, 2.05) is 24.3 Å². The van der Waals surface area contributed by atoms with Gasteiger partial charge in [0.15, 0.2) is 0 Å². The first kappa shape index (κ1) is 8.81. The van der Waals surface area contributed by atoms with Gasteiger partial charge in [0.1, 0.15) is 0 Å². The minimum absolute atomic E-state index is 0.851. The van der Waals surface area contributed by atoms with Crippen LogP contribution < -0.4 is 4.90 Å². The third kappa shape index (κ3) is 1.93. The highest BCUT2D eigenvalue weighted by Gasteiger charge is 2.01. The van der Waals surface area contributed by atoms with Crippen molar-refractivity contribution in [3.63, 3.8) is 0 Å². The molecule has 14 heavy (non-hydrogen) atoms. The zero-order valence-corrected chi connectivity index (χ0v) is 8.14. The van der Waals surface area contributed by atoms with E-state index in [-0.39, 0.29) is 0 Å². The Morgan fingerprint density at radius 3 is 2.64 bits per heavy atom. The minimum Gasteiger partial charge on any atom is -0.369 e. The Bertz CT molecular complexity index is 367. The average Bonchev–Trinajstić information content (AvgIpc) is 2.72. The molecule has 1 heterocycles. The van der Waals surface area contributed by atoms with Crippen molar-refractivity contribution in [3.8, 4) is 0 Å². The molecule has 3 heteroatoms. The first-order chi connectivity index (χ1) is 6.86. The van der Waals surface area contributed by atoms with E-state index in [9.17, 15) is 0 Å². The van der Waals surface area contributed by atoms with Crippen molar-refractivity contribution in [2.45, 2.75) is 6.54 Å². The zero-order chi connectivity index (χ0) is 9.80. The first-order valence-corrected chi connectivity index (χ1v) is 4.61. The van der Waals surface area contributed by atoms with Gasteiger partial charge in [0.2, 0.25) is 0 Å². The number of aromatic nitrogens is 2. The van der Waals surface area contributed by atoms with Crippen molar-refractivity contribution in [1.29, 1.82) is 0 Å². The molecule has 0 aliphatic rings. The van der Waals surface area contributed by atoms with E-state index < -0.39 is 0 Å². The molecule has 0 atom stereocenters. The second-order valence-electron chi connectivity index (χ2n) is 3.27.